The van der Waals surface area contributed by atoms with Crippen molar-refractivity contribution in [3.63, 3.8) is 0 Å². The van der Waals surface area contributed by atoms with Crippen molar-refractivity contribution >= 4 is 29.2 Å². The Hall–Kier alpha value is -4.57. The van der Waals surface area contributed by atoms with Crippen LogP contribution in [0.4, 0.5) is 5.69 Å². The highest BCUT2D eigenvalue weighted by Crippen LogP contribution is 2.37. The fraction of sp³-hybridized carbons (Fsp3) is 0.276. The van der Waals surface area contributed by atoms with Gasteiger partial charge in [-0.1, -0.05) is 19.9 Å². The molecule has 39 heavy (non-hydrogen) atoms. The van der Waals surface area contributed by atoms with Crippen LogP contribution in [0.25, 0.3) is 28.6 Å². The summed E-state index contributed by atoms with van der Waals surface area (Å²) in [6.07, 6.45) is 10.3. The van der Waals surface area contributed by atoms with Gasteiger partial charge in [-0.25, -0.2) is 9.67 Å². The molecule has 200 valence electrons. The van der Waals surface area contributed by atoms with E-state index in [-0.39, 0.29) is 11.8 Å². The van der Waals surface area contributed by atoms with Crippen LogP contribution >= 0.6 is 0 Å². The van der Waals surface area contributed by atoms with Gasteiger partial charge < -0.3 is 20.5 Å². The lowest BCUT2D eigenvalue weighted by atomic mass is 10.00. The zero-order valence-electron chi connectivity index (χ0n) is 22.6. The number of H-pyrrole nitrogens is 1. The summed E-state index contributed by atoms with van der Waals surface area (Å²) in [5.74, 6) is 0.318. The second-order valence-electron chi connectivity index (χ2n) is 9.46. The maximum absolute atomic E-state index is 13.0. The summed E-state index contributed by atoms with van der Waals surface area (Å²) in [7, 11) is 0. The van der Waals surface area contributed by atoms with Gasteiger partial charge in [-0.2, -0.15) is 5.10 Å². The number of aryl methyl sites for hydroxylation is 1. The van der Waals surface area contributed by atoms with Gasteiger partial charge in [-0.3, -0.25) is 14.6 Å². The minimum absolute atomic E-state index is 0.114. The van der Waals surface area contributed by atoms with E-state index in [0.717, 1.165) is 59.0 Å². The topological polar surface area (TPSA) is 121 Å². The summed E-state index contributed by atoms with van der Waals surface area (Å²) in [5, 5.41) is 10.4. The number of hydrogen-bond acceptors (Lipinski definition) is 6. The second-order valence-corrected chi connectivity index (χ2v) is 9.46. The maximum atomic E-state index is 13.0. The zero-order chi connectivity index (χ0) is 27.5. The van der Waals surface area contributed by atoms with Gasteiger partial charge >= 0.3 is 0 Å². The molecule has 4 aromatic rings. The Morgan fingerprint density at radius 3 is 2.69 bits per heavy atom. The highest BCUT2D eigenvalue weighted by molar-refractivity contribution is 6.35. The molecular formula is C29H32N8O2. The van der Waals surface area contributed by atoms with E-state index >= 15 is 0 Å². The van der Waals surface area contributed by atoms with Gasteiger partial charge in [0.05, 0.1) is 23.5 Å². The summed E-state index contributed by atoms with van der Waals surface area (Å²) >= 11 is 0. The molecule has 4 heterocycles. The van der Waals surface area contributed by atoms with E-state index in [0.29, 0.717) is 23.5 Å². The number of likely N-dealkylation sites (N-methyl/N-ethyl adjacent to an activating group) is 1. The minimum atomic E-state index is -0.186. The Bertz CT molecular complexity index is 1550. The third-order valence-corrected chi connectivity index (χ3v) is 7.10. The highest BCUT2D eigenvalue weighted by atomic mass is 16.2. The van der Waals surface area contributed by atoms with Crippen molar-refractivity contribution in [2.75, 3.05) is 31.5 Å². The molecule has 10 heteroatoms. The smallest absolute Gasteiger partial charge is 0.256 e. The van der Waals surface area contributed by atoms with Gasteiger partial charge in [0.25, 0.3) is 11.8 Å². The van der Waals surface area contributed by atoms with Crippen molar-refractivity contribution in [1.82, 2.24) is 34.9 Å². The Balaban J connectivity index is 1.41. The van der Waals surface area contributed by atoms with Gasteiger partial charge in [-0.05, 0) is 56.3 Å². The lowest BCUT2D eigenvalue weighted by molar-refractivity contribution is -0.110. The molecule has 0 saturated heterocycles. The monoisotopic (exact) mass is 524 g/mol. The van der Waals surface area contributed by atoms with Gasteiger partial charge in [-0.15, -0.1) is 0 Å². The van der Waals surface area contributed by atoms with Crippen LogP contribution in [-0.4, -0.2) is 67.6 Å². The molecule has 2 amide bonds. The molecule has 0 spiro atoms. The van der Waals surface area contributed by atoms with Crippen LogP contribution < -0.4 is 10.6 Å². The first kappa shape index (κ1) is 26.1. The largest absolute Gasteiger partial charge is 0.358 e. The van der Waals surface area contributed by atoms with Gasteiger partial charge in [0.2, 0.25) is 0 Å². The molecule has 1 aliphatic heterocycles. The predicted octanol–water partition coefficient (Wildman–Crippen LogP) is 3.84. The zero-order valence-corrected chi connectivity index (χ0v) is 22.6. The number of fused-ring (bicyclic) bond motifs is 1. The van der Waals surface area contributed by atoms with Crippen molar-refractivity contribution in [3.8, 4) is 16.9 Å². The predicted molar refractivity (Wildman–Crippen MR) is 151 cm³/mol. The lowest BCUT2D eigenvalue weighted by Crippen LogP contribution is -2.35. The molecule has 10 nitrogen and oxygen atoms in total. The molecule has 1 aliphatic rings. The minimum Gasteiger partial charge on any atom is -0.358 e. The quantitative estimate of drug-likeness (QED) is 0.286. The number of anilines is 1. The van der Waals surface area contributed by atoms with Crippen LogP contribution in [0, 0.1) is 13.8 Å². The molecule has 3 aromatic heterocycles. The molecule has 3 N–H and O–H groups in total. The Kier molecular flexibility index (Phi) is 7.38. The average Bonchev–Trinajstić information content (AvgIpc) is 3.63. The number of aromatic nitrogens is 5. The van der Waals surface area contributed by atoms with E-state index < -0.39 is 0 Å². The average molecular weight is 525 g/mol. The van der Waals surface area contributed by atoms with Crippen LogP contribution in [0.5, 0.6) is 0 Å². The van der Waals surface area contributed by atoms with Crippen molar-refractivity contribution < 1.29 is 9.59 Å². The number of carbonyl (C=O) groups excluding carboxylic acids is 2. The van der Waals surface area contributed by atoms with E-state index in [2.05, 4.69) is 49.4 Å². The molecular weight excluding hydrogens is 492 g/mol. The fourth-order valence-corrected chi connectivity index (χ4v) is 4.88. The number of nitrogens with one attached hydrogen (secondary N) is 3. The molecule has 0 atom stereocenters. The molecule has 0 radical (unpaired) electrons. The van der Waals surface area contributed by atoms with E-state index in [1.165, 1.54) is 0 Å². The van der Waals surface area contributed by atoms with Gasteiger partial charge in [0, 0.05) is 59.9 Å². The highest BCUT2D eigenvalue weighted by Gasteiger charge is 2.26. The van der Waals surface area contributed by atoms with Crippen LogP contribution in [0.3, 0.4) is 0 Å². The summed E-state index contributed by atoms with van der Waals surface area (Å²) in [5.41, 5.74) is 6.80. The number of nitrogens with zero attached hydrogens (tertiary/aromatic N) is 5. The first-order valence-electron chi connectivity index (χ1n) is 13.1. The summed E-state index contributed by atoms with van der Waals surface area (Å²) in [4.78, 5) is 39.9. The van der Waals surface area contributed by atoms with Gasteiger partial charge in [0.15, 0.2) is 5.82 Å². The first-order valence-corrected chi connectivity index (χ1v) is 13.1. The van der Waals surface area contributed by atoms with Crippen LogP contribution in [-0.2, 0) is 4.79 Å². The molecule has 1 aromatic carbocycles. The van der Waals surface area contributed by atoms with Gasteiger partial charge in [0.1, 0.15) is 0 Å². The van der Waals surface area contributed by atoms with Crippen LogP contribution in [0.2, 0.25) is 0 Å². The SMILES string of the molecule is CCN(CC)CCNC(=O)c1c(C)[nH]c(/C=C2\C(=O)Nc3ccc(-c4cnn(-c5cnccn5)c4)cc32)c1C. The van der Waals surface area contributed by atoms with E-state index in [1.807, 2.05) is 44.3 Å². The number of hydrogen-bond donors (Lipinski definition) is 3. The lowest BCUT2D eigenvalue weighted by Gasteiger charge is -2.18. The molecule has 5 rings (SSSR count). The number of carbonyl (C=O) groups is 2. The second kappa shape index (κ2) is 11.0. The van der Waals surface area contributed by atoms with Crippen LogP contribution in [0.1, 0.15) is 46.7 Å². The third-order valence-electron chi connectivity index (χ3n) is 7.10. The van der Waals surface area contributed by atoms with E-state index in [4.69, 9.17) is 0 Å². The Labute approximate surface area is 227 Å². The van der Waals surface area contributed by atoms with Crippen molar-refractivity contribution in [3.05, 3.63) is 77.3 Å². The standard InChI is InChI=1S/C29H32N8O2/c1-5-36(6-2)12-11-32-29(39)27-18(3)25(34-19(27)4)14-23-22-13-20(7-8-24(22)35-28(23)38)21-15-33-37(17-21)26-16-30-9-10-31-26/h7-10,13-17,34H,5-6,11-12H2,1-4H3,(H,32,39)(H,35,38)/b23-14-. The summed E-state index contributed by atoms with van der Waals surface area (Å²) in [6, 6.07) is 5.82. The third kappa shape index (κ3) is 5.23. The molecule has 0 fully saturated rings. The van der Waals surface area contributed by atoms with Crippen LogP contribution in [0.15, 0.2) is 49.2 Å². The van der Waals surface area contributed by atoms with Crippen molar-refractivity contribution in [2.24, 2.45) is 0 Å². The number of benzene rings is 1. The van der Waals surface area contributed by atoms with E-state index in [9.17, 15) is 9.59 Å². The fourth-order valence-electron chi connectivity index (χ4n) is 4.88. The molecule has 0 saturated carbocycles. The summed E-state index contributed by atoms with van der Waals surface area (Å²) in [6.45, 7) is 11.3. The number of rotatable bonds is 9. The summed E-state index contributed by atoms with van der Waals surface area (Å²) < 4.78 is 1.66. The van der Waals surface area contributed by atoms with Crippen molar-refractivity contribution in [1.29, 1.82) is 0 Å². The van der Waals surface area contributed by atoms with Crippen molar-refractivity contribution in [2.45, 2.75) is 27.7 Å². The number of amides is 2. The van der Waals surface area contributed by atoms with E-state index in [1.54, 1.807) is 29.5 Å². The Morgan fingerprint density at radius 1 is 1.13 bits per heavy atom. The Morgan fingerprint density at radius 2 is 1.95 bits per heavy atom. The molecule has 0 aliphatic carbocycles. The maximum Gasteiger partial charge on any atom is 0.256 e. The first-order chi connectivity index (χ1) is 18.9. The molecule has 0 unspecified atom stereocenters. The normalized spacial score (nSPS) is 13.7. The number of aromatic amines is 1. The molecule has 0 bridgehead atoms.